The number of rotatable bonds is 9. The van der Waals surface area contributed by atoms with Crippen LogP contribution in [0.4, 0.5) is 0 Å². The molecule has 2 aromatic carbocycles. The van der Waals surface area contributed by atoms with Crippen LogP contribution in [0.25, 0.3) is 0 Å². The highest BCUT2D eigenvalue weighted by atomic mass is 127. The summed E-state index contributed by atoms with van der Waals surface area (Å²) < 4.78 is 5.42. The number of hydrogen-bond donors (Lipinski definition) is 4. The van der Waals surface area contributed by atoms with Crippen molar-refractivity contribution >= 4 is 29.9 Å². The number of aliphatic imine (C=N–C) groups is 1. The summed E-state index contributed by atoms with van der Waals surface area (Å²) in [4.78, 5) is 4.59. The van der Waals surface area contributed by atoms with Gasteiger partial charge < -0.3 is 25.6 Å². The maximum absolute atomic E-state index is 9.80. The molecule has 4 N–H and O–H groups in total. The first-order valence-corrected chi connectivity index (χ1v) is 9.30. The zero-order chi connectivity index (χ0) is 19.5. The van der Waals surface area contributed by atoms with Crippen molar-refractivity contribution in [2.45, 2.75) is 26.3 Å². The predicted molar refractivity (Wildman–Crippen MR) is 124 cm³/mol. The first-order valence-electron chi connectivity index (χ1n) is 9.30. The van der Waals surface area contributed by atoms with Crippen LogP contribution in [0.15, 0.2) is 53.5 Å². The van der Waals surface area contributed by atoms with Crippen LogP contribution >= 0.6 is 24.0 Å². The zero-order valence-electron chi connectivity index (χ0n) is 16.4. The number of aliphatic hydroxyl groups is 1. The molecule has 154 valence electrons. The highest BCUT2D eigenvalue weighted by molar-refractivity contribution is 14.0. The van der Waals surface area contributed by atoms with Gasteiger partial charge in [-0.25, -0.2) is 4.99 Å². The molecule has 6 nitrogen and oxygen atoms in total. The van der Waals surface area contributed by atoms with E-state index in [1.807, 2.05) is 50.2 Å². The number of phenolic OH excluding ortho intramolecular Hbond substituents is 1. The Labute approximate surface area is 184 Å². The standard InChI is InChI=1S/C21H29N3O3.HI/c1-3-22-21(24-14-18(15-25)17-8-6-5-7-9-17)23-13-16-10-11-19(26)20(12-16)27-4-2;/h5-12,18,25-26H,3-4,13-15H2,1-2H3,(H2,22,23,24);1H. The van der Waals surface area contributed by atoms with Gasteiger partial charge in [-0.3, -0.25) is 0 Å². The van der Waals surface area contributed by atoms with Gasteiger partial charge in [0.25, 0.3) is 0 Å². The van der Waals surface area contributed by atoms with Gasteiger partial charge in [0, 0.05) is 19.0 Å². The van der Waals surface area contributed by atoms with Crippen molar-refractivity contribution in [2.75, 3.05) is 26.3 Å². The fourth-order valence-corrected chi connectivity index (χ4v) is 2.67. The highest BCUT2D eigenvalue weighted by Crippen LogP contribution is 2.27. The van der Waals surface area contributed by atoms with Gasteiger partial charge in [0.15, 0.2) is 17.5 Å². The number of nitrogens with zero attached hydrogens (tertiary/aromatic N) is 1. The second kappa shape index (κ2) is 13.2. The number of ether oxygens (including phenoxy) is 1. The Bertz CT molecular complexity index is 726. The minimum absolute atomic E-state index is 0. The monoisotopic (exact) mass is 499 g/mol. The summed E-state index contributed by atoms with van der Waals surface area (Å²) in [6.07, 6.45) is 0. The number of guanidine groups is 1. The second-order valence-corrected chi connectivity index (χ2v) is 6.10. The van der Waals surface area contributed by atoms with E-state index < -0.39 is 0 Å². The lowest BCUT2D eigenvalue weighted by Crippen LogP contribution is -2.39. The molecular formula is C21H30IN3O3. The number of aromatic hydroxyl groups is 1. The summed E-state index contributed by atoms with van der Waals surface area (Å²) >= 11 is 0. The van der Waals surface area contributed by atoms with E-state index in [-0.39, 0.29) is 42.3 Å². The average molecular weight is 499 g/mol. The van der Waals surface area contributed by atoms with Crippen LogP contribution in [0.3, 0.4) is 0 Å². The zero-order valence-corrected chi connectivity index (χ0v) is 18.7. The molecular weight excluding hydrogens is 469 g/mol. The molecule has 0 aromatic heterocycles. The SMILES string of the molecule is CCNC(=NCc1ccc(O)c(OCC)c1)NCC(CO)c1ccccc1.I. The van der Waals surface area contributed by atoms with Crippen molar-refractivity contribution in [1.82, 2.24) is 10.6 Å². The molecule has 7 heteroatoms. The number of halogens is 1. The Kier molecular flexibility index (Phi) is 11.4. The molecule has 28 heavy (non-hydrogen) atoms. The van der Waals surface area contributed by atoms with Crippen LogP contribution in [0, 0.1) is 0 Å². The fraction of sp³-hybridized carbons (Fsp3) is 0.381. The maximum Gasteiger partial charge on any atom is 0.191 e. The molecule has 0 aliphatic carbocycles. The lowest BCUT2D eigenvalue weighted by molar-refractivity contribution is 0.265. The van der Waals surface area contributed by atoms with Crippen molar-refractivity contribution in [1.29, 1.82) is 0 Å². The van der Waals surface area contributed by atoms with E-state index in [1.54, 1.807) is 12.1 Å². The summed E-state index contributed by atoms with van der Waals surface area (Å²) in [5, 5.41) is 26.0. The maximum atomic E-state index is 9.80. The van der Waals surface area contributed by atoms with Gasteiger partial charge in [-0.1, -0.05) is 36.4 Å². The van der Waals surface area contributed by atoms with E-state index in [0.717, 1.165) is 17.7 Å². The number of nitrogens with one attached hydrogen (secondary N) is 2. The summed E-state index contributed by atoms with van der Waals surface area (Å²) in [7, 11) is 0. The summed E-state index contributed by atoms with van der Waals surface area (Å²) in [6, 6.07) is 15.2. The van der Waals surface area contributed by atoms with Crippen LogP contribution in [0.5, 0.6) is 11.5 Å². The molecule has 1 atom stereocenters. The van der Waals surface area contributed by atoms with E-state index in [9.17, 15) is 10.2 Å². The molecule has 0 bridgehead atoms. The van der Waals surface area contributed by atoms with Crippen LogP contribution in [0.1, 0.15) is 30.9 Å². The number of phenols is 1. The van der Waals surface area contributed by atoms with Gasteiger partial charge >= 0.3 is 0 Å². The molecule has 0 saturated carbocycles. The number of aliphatic hydroxyl groups excluding tert-OH is 1. The highest BCUT2D eigenvalue weighted by Gasteiger charge is 2.11. The van der Waals surface area contributed by atoms with E-state index in [1.165, 1.54) is 0 Å². The van der Waals surface area contributed by atoms with Crippen molar-refractivity contribution in [3.8, 4) is 11.5 Å². The largest absolute Gasteiger partial charge is 0.504 e. The Hall–Kier alpha value is -2.00. The first kappa shape index (κ1) is 24.0. The normalized spacial score (nSPS) is 12.0. The van der Waals surface area contributed by atoms with Gasteiger partial charge in [0.1, 0.15) is 0 Å². The number of benzene rings is 2. The smallest absolute Gasteiger partial charge is 0.191 e. The molecule has 0 aliphatic rings. The van der Waals surface area contributed by atoms with Gasteiger partial charge in [0.05, 0.1) is 19.8 Å². The van der Waals surface area contributed by atoms with Crippen molar-refractivity contribution in [3.63, 3.8) is 0 Å². The van der Waals surface area contributed by atoms with Crippen LogP contribution < -0.4 is 15.4 Å². The Morgan fingerprint density at radius 3 is 2.50 bits per heavy atom. The third-order valence-corrected chi connectivity index (χ3v) is 4.10. The van der Waals surface area contributed by atoms with Gasteiger partial charge in [-0.15, -0.1) is 24.0 Å². The van der Waals surface area contributed by atoms with E-state index >= 15 is 0 Å². The number of hydrogen-bond acceptors (Lipinski definition) is 4. The van der Waals surface area contributed by atoms with E-state index in [2.05, 4.69) is 15.6 Å². The first-order chi connectivity index (χ1) is 13.2. The molecule has 0 fully saturated rings. The molecule has 0 aliphatic heterocycles. The van der Waals surface area contributed by atoms with Gasteiger partial charge in [-0.2, -0.15) is 0 Å². The van der Waals surface area contributed by atoms with Gasteiger partial charge in [0.2, 0.25) is 0 Å². The minimum atomic E-state index is -0.00622. The third-order valence-electron chi connectivity index (χ3n) is 4.10. The van der Waals surface area contributed by atoms with Crippen LogP contribution in [-0.2, 0) is 6.54 Å². The summed E-state index contributed by atoms with van der Waals surface area (Å²) in [6.45, 7) is 6.20. The van der Waals surface area contributed by atoms with Crippen molar-refractivity contribution < 1.29 is 14.9 Å². The van der Waals surface area contributed by atoms with Crippen LogP contribution in [0.2, 0.25) is 0 Å². The third kappa shape index (κ3) is 7.55. The second-order valence-electron chi connectivity index (χ2n) is 6.10. The minimum Gasteiger partial charge on any atom is -0.504 e. The predicted octanol–water partition coefficient (Wildman–Crippen LogP) is 3.24. The van der Waals surface area contributed by atoms with E-state index in [4.69, 9.17) is 4.74 Å². The molecule has 2 rings (SSSR count). The van der Waals surface area contributed by atoms with Gasteiger partial charge in [-0.05, 0) is 37.1 Å². The van der Waals surface area contributed by atoms with E-state index in [0.29, 0.717) is 31.4 Å². The van der Waals surface area contributed by atoms with Crippen molar-refractivity contribution in [3.05, 3.63) is 59.7 Å². The van der Waals surface area contributed by atoms with Crippen LogP contribution in [-0.4, -0.2) is 42.5 Å². The molecule has 2 aromatic rings. The molecule has 0 amide bonds. The topological polar surface area (TPSA) is 86.1 Å². The summed E-state index contributed by atoms with van der Waals surface area (Å²) in [5.74, 6) is 1.27. The Balaban J connectivity index is 0.00000392. The lowest BCUT2D eigenvalue weighted by Gasteiger charge is -2.18. The van der Waals surface area contributed by atoms with Crippen molar-refractivity contribution in [2.24, 2.45) is 4.99 Å². The quantitative estimate of drug-likeness (QED) is 0.242. The Morgan fingerprint density at radius 1 is 1.11 bits per heavy atom. The average Bonchev–Trinajstić information content (AvgIpc) is 2.69. The molecule has 1 unspecified atom stereocenters. The molecule has 0 saturated heterocycles. The molecule has 0 spiro atoms. The molecule has 0 heterocycles. The fourth-order valence-electron chi connectivity index (χ4n) is 2.67. The Morgan fingerprint density at radius 2 is 1.86 bits per heavy atom. The lowest BCUT2D eigenvalue weighted by atomic mass is 10.0. The molecule has 0 radical (unpaired) electrons. The summed E-state index contributed by atoms with van der Waals surface area (Å²) in [5.41, 5.74) is 2.03.